The van der Waals surface area contributed by atoms with E-state index in [2.05, 4.69) is 0 Å². The maximum atomic E-state index is 11.4. The van der Waals surface area contributed by atoms with Gasteiger partial charge in [-0.05, 0) is 37.0 Å². The second-order valence-corrected chi connectivity index (χ2v) is 7.35. The van der Waals surface area contributed by atoms with Crippen molar-refractivity contribution in [2.45, 2.75) is 32.3 Å². The van der Waals surface area contributed by atoms with Gasteiger partial charge in [0.25, 0.3) is 0 Å². The summed E-state index contributed by atoms with van der Waals surface area (Å²) < 4.78 is 22.8. The van der Waals surface area contributed by atoms with Gasteiger partial charge >= 0.3 is 0 Å². The molecule has 4 heteroatoms. The van der Waals surface area contributed by atoms with Crippen LogP contribution in [0.25, 0.3) is 0 Å². The summed E-state index contributed by atoms with van der Waals surface area (Å²) in [6.45, 7) is 4.06. The van der Waals surface area contributed by atoms with Crippen molar-refractivity contribution in [3.8, 4) is 0 Å². The molecular formula is C13H18O3S. The average Bonchev–Trinajstić information content (AvgIpc) is 2.47. The van der Waals surface area contributed by atoms with Crippen molar-refractivity contribution in [2.75, 3.05) is 11.5 Å². The summed E-state index contributed by atoms with van der Waals surface area (Å²) >= 11 is 0. The zero-order valence-corrected chi connectivity index (χ0v) is 11.0. The molecule has 1 aliphatic rings. The minimum atomic E-state index is -3.04. The van der Waals surface area contributed by atoms with Gasteiger partial charge in [0, 0.05) is 6.42 Å². The highest BCUT2D eigenvalue weighted by molar-refractivity contribution is 7.91. The second kappa shape index (κ2) is 4.10. The van der Waals surface area contributed by atoms with Crippen LogP contribution in [0.5, 0.6) is 0 Å². The van der Waals surface area contributed by atoms with Crippen LogP contribution in [0.1, 0.15) is 23.1 Å². The van der Waals surface area contributed by atoms with Crippen LogP contribution in [-0.2, 0) is 16.3 Å². The predicted octanol–water partition coefficient (Wildman–Crippen LogP) is 1.40. The van der Waals surface area contributed by atoms with Gasteiger partial charge < -0.3 is 5.11 Å². The van der Waals surface area contributed by atoms with Crippen LogP contribution in [-0.4, -0.2) is 30.6 Å². The van der Waals surface area contributed by atoms with Gasteiger partial charge in [0.15, 0.2) is 9.84 Å². The minimum absolute atomic E-state index is 0.104. The topological polar surface area (TPSA) is 54.4 Å². The Morgan fingerprint density at radius 3 is 2.53 bits per heavy atom. The summed E-state index contributed by atoms with van der Waals surface area (Å²) in [5.74, 6) is 0.00126. The van der Waals surface area contributed by atoms with Crippen LogP contribution in [0, 0.1) is 13.8 Å². The molecule has 0 saturated carbocycles. The molecule has 0 radical (unpaired) electrons. The smallest absolute Gasteiger partial charge is 0.153 e. The Morgan fingerprint density at radius 2 is 2.00 bits per heavy atom. The van der Waals surface area contributed by atoms with E-state index in [1.807, 2.05) is 32.0 Å². The van der Waals surface area contributed by atoms with E-state index in [1.54, 1.807) is 0 Å². The van der Waals surface area contributed by atoms with Gasteiger partial charge in [-0.15, -0.1) is 0 Å². The van der Waals surface area contributed by atoms with Crippen LogP contribution in [0.2, 0.25) is 0 Å². The van der Waals surface area contributed by atoms with Crippen LogP contribution in [0.4, 0.5) is 0 Å². The van der Waals surface area contributed by atoms with Gasteiger partial charge in [0.2, 0.25) is 0 Å². The molecule has 0 spiro atoms. The van der Waals surface area contributed by atoms with E-state index in [-0.39, 0.29) is 11.5 Å². The molecule has 1 atom stereocenters. The summed E-state index contributed by atoms with van der Waals surface area (Å²) in [5.41, 5.74) is 2.32. The first-order chi connectivity index (χ1) is 7.80. The SMILES string of the molecule is Cc1ccc(CC2(O)CCS(=O)(=O)C2)cc1C. The van der Waals surface area contributed by atoms with Gasteiger partial charge in [-0.1, -0.05) is 18.2 Å². The highest BCUT2D eigenvalue weighted by atomic mass is 32.2. The van der Waals surface area contributed by atoms with Crippen molar-refractivity contribution in [1.82, 2.24) is 0 Å². The van der Waals surface area contributed by atoms with Gasteiger partial charge in [0.1, 0.15) is 0 Å². The second-order valence-electron chi connectivity index (χ2n) is 5.16. The lowest BCUT2D eigenvalue weighted by Gasteiger charge is -2.21. The number of benzene rings is 1. The summed E-state index contributed by atoms with van der Waals surface area (Å²) in [6, 6.07) is 6.00. The molecule has 1 N–H and O–H groups in total. The monoisotopic (exact) mass is 254 g/mol. The first-order valence-corrected chi connectivity index (χ1v) is 7.61. The molecule has 0 aliphatic carbocycles. The van der Waals surface area contributed by atoms with Crippen molar-refractivity contribution in [1.29, 1.82) is 0 Å². The van der Waals surface area contributed by atoms with E-state index in [0.717, 1.165) is 5.56 Å². The van der Waals surface area contributed by atoms with Gasteiger partial charge in [-0.25, -0.2) is 8.42 Å². The summed E-state index contributed by atoms with van der Waals surface area (Å²) in [5, 5.41) is 10.3. The van der Waals surface area contributed by atoms with E-state index in [4.69, 9.17) is 0 Å². The Hall–Kier alpha value is -0.870. The largest absolute Gasteiger partial charge is 0.388 e. The van der Waals surface area contributed by atoms with Crippen LogP contribution < -0.4 is 0 Å². The third kappa shape index (κ3) is 2.87. The number of hydrogen-bond acceptors (Lipinski definition) is 3. The molecule has 1 saturated heterocycles. The molecule has 1 aromatic rings. The molecule has 0 amide bonds. The summed E-state index contributed by atoms with van der Waals surface area (Å²) in [7, 11) is -3.04. The van der Waals surface area contributed by atoms with E-state index in [1.165, 1.54) is 11.1 Å². The van der Waals surface area contributed by atoms with Gasteiger partial charge in [-0.3, -0.25) is 0 Å². The number of hydrogen-bond donors (Lipinski definition) is 1. The molecule has 1 fully saturated rings. The van der Waals surface area contributed by atoms with E-state index >= 15 is 0 Å². The molecule has 0 bridgehead atoms. The van der Waals surface area contributed by atoms with Crippen molar-refractivity contribution in [3.63, 3.8) is 0 Å². The zero-order chi connectivity index (χ0) is 12.7. The molecular weight excluding hydrogens is 236 g/mol. The molecule has 1 aromatic carbocycles. The van der Waals surface area contributed by atoms with Gasteiger partial charge in [-0.2, -0.15) is 0 Å². The number of rotatable bonds is 2. The summed E-state index contributed by atoms with van der Waals surface area (Å²) in [6.07, 6.45) is 0.773. The van der Waals surface area contributed by atoms with Crippen LogP contribution in [0.15, 0.2) is 18.2 Å². The minimum Gasteiger partial charge on any atom is -0.388 e. The van der Waals surface area contributed by atoms with Crippen LogP contribution >= 0.6 is 0 Å². The maximum absolute atomic E-state index is 11.4. The summed E-state index contributed by atoms with van der Waals surface area (Å²) in [4.78, 5) is 0. The zero-order valence-electron chi connectivity index (χ0n) is 10.2. The molecule has 94 valence electrons. The lowest BCUT2D eigenvalue weighted by atomic mass is 9.92. The fourth-order valence-corrected chi connectivity index (χ4v) is 4.23. The normalized spacial score (nSPS) is 27.2. The molecule has 17 heavy (non-hydrogen) atoms. The lowest BCUT2D eigenvalue weighted by molar-refractivity contribution is 0.0682. The molecule has 0 aromatic heterocycles. The van der Waals surface area contributed by atoms with Crippen molar-refractivity contribution >= 4 is 9.84 Å². The number of aryl methyl sites for hydroxylation is 2. The Labute approximate surface area is 102 Å². The van der Waals surface area contributed by atoms with E-state index in [0.29, 0.717) is 12.8 Å². The fourth-order valence-electron chi connectivity index (χ4n) is 2.33. The highest BCUT2D eigenvalue weighted by Crippen LogP contribution is 2.27. The number of aliphatic hydroxyl groups is 1. The van der Waals surface area contributed by atoms with Crippen molar-refractivity contribution < 1.29 is 13.5 Å². The third-order valence-electron chi connectivity index (χ3n) is 3.47. The van der Waals surface area contributed by atoms with Crippen molar-refractivity contribution in [3.05, 3.63) is 34.9 Å². The standard InChI is InChI=1S/C13H18O3S/c1-10-3-4-12(7-11(10)2)8-13(14)5-6-17(15,16)9-13/h3-4,7,14H,5-6,8-9H2,1-2H3. The Bertz CT molecular complexity index is 534. The quantitative estimate of drug-likeness (QED) is 0.868. The average molecular weight is 254 g/mol. The molecule has 3 nitrogen and oxygen atoms in total. The first-order valence-electron chi connectivity index (χ1n) is 5.79. The number of sulfone groups is 1. The molecule has 1 aliphatic heterocycles. The molecule has 1 heterocycles. The maximum Gasteiger partial charge on any atom is 0.153 e. The predicted molar refractivity (Wildman–Crippen MR) is 67.8 cm³/mol. The van der Waals surface area contributed by atoms with E-state index in [9.17, 15) is 13.5 Å². The Morgan fingerprint density at radius 1 is 1.29 bits per heavy atom. The lowest BCUT2D eigenvalue weighted by Crippen LogP contribution is -2.32. The Balaban J connectivity index is 2.19. The first kappa shape index (κ1) is 12.6. The molecule has 1 unspecified atom stereocenters. The molecule has 2 rings (SSSR count). The van der Waals surface area contributed by atoms with Crippen LogP contribution in [0.3, 0.4) is 0 Å². The third-order valence-corrected chi connectivity index (χ3v) is 5.27. The highest BCUT2D eigenvalue weighted by Gasteiger charge is 2.40. The van der Waals surface area contributed by atoms with E-state index < -0.39 is 15.4 Å². The Kier molecular flexibility index (Phi) is 3.04. The van der Waals surface area contributed by atoms with Gasteiger partial charge in [0.05, 0.1) is 17.1 Å². The fraction of sp³-hybridized carbons (Fsp3) is 0.538. The van der Waals surface area contributed by atoms with Crippen molar-refractivity contribution in [2.24, 2.45) is 0 Å².